The fourth-order valence-electron chi connectivity index (χ4n) is 2.71. The summed E-state index contributed by atoms with van der Waals surface area (Å²) in [6, 6.07) is 26.3. The highest BCUT2D eigenvalue weighted by Crippen LogP contribution is 2.30. The van der Waals surface area contributed by atoms with Crippen molar-refractivity contribution < 1.29 is 9.59 Å². The maximum Gasteiger partial charge on any atom is 0.183 e. The summed E-state index contributed by atoms with van der Waals surface area (Å²) in [5.74, 6) is -0.387. The van der Waals surface area contributed by atoms with Crippen LogP contribution in [-0.4, -0.2) is 16.4 Å². The number of benzene rings is 3. The molecular formula is C23H19ClO2S. The third-order valence-corrected chi connectivity index (χ3v) is 5.48. The molecule has 136 valence electrons. The maximum absolute atomic E-state index is 12.8. The zero-order valence-corrected chi connectivity index (χ0v) is 16.5. The van der Waals surface area contributed by atoms with Crippen LogP contribution in [0.1, 0.15) is 34.1 Å². The number of rotatable bonds is 7. The van der Waals surface area contributed by atoms with Gasteiger partial charge < -0.3 is 0 Å². The van der Waals surface area contributed by atoms with Gasteiger partial charge in [0, 0.05) is 27.3 Å². The van der Waals surface area contributed by atoms with Gasteiger partial charge in [0.05, 0.1) is 0 Å². The Morgan fingerprint density at radius 3 is 1.89 bits per heavy atom. The van der Waals surface area contributed by atoms with E-state index in [1.54, 1.807) is 55.1 Å². The number of halogens is 1. The number of alkyl halides is 1. The Balaban J connectivity index is 1.69. The van der Waals surface area contributed by atoms with E-state index in [1.165, 1.54) is 0 Å². The minimum absolute atomic E-state index is 0.0437. The zero-order chi connectivity index (χ0) is 19.3. The smallest absolute Gasteiger partial charge is 0.183 e. The summed E-state index contributed by atoms with van der Waals surface area (Å²) in [5, 5.41) is 0. The molecule has 1 atom stereocenters. The standard InChI is InChI=1S/C23H19ClO2S/c1-23(24,16-21(25)17-8-4-2-5-9-17)22(26)18-12-14-20(15-13-18)27-19-10-6-3-7-11-19/h2-15H,16H2,1H3. The summed E-state index contributed by atoms with van der Waals surface area (Å²) >= 11 is 8.08. The Hall–Kier alpha value is -2.36. The lowest BCUT2D eigenvalue weighted by atomic mass is 9.91. The molecule has 0 aliphatic rings. The molecule has 3 rings (SSSR count). The van der Waals surface area contributed by atoms with Gasteiger partial charge in [0.25, 0.3) is 0 Å². The fourth-order valence-corrected chi connectivity index (χ4v) is 3.78. The number of hydrogen-bond acceptors (Lipinski definition) is 3. The van der Waals surface area contributed by atoms with Gasteiger partial charge in [-0.3, -0.25) is 9.59 Å². The molecule has 0 radical (unpaired) electrons. The van der Waals surface area contributed by atoms with Crippen LogP contribution in [0.25, 0.3) is 0 Å². The molecule has 0 bridgehead atoms. The van der Waals surface area contributed by atoms with E-state index in [0.717, 1.165) is 9.79 Å². The number of Topliss-reactive ketones (excluding diaryl/α,β-unsaturated/α-hetero) is 2. The number of carbonyl (C=O) groups is 2. The van der Waals surface area contributed by atoms with E-state index < -0.39 is 4.87 Å². The van der Waals surface area contributed by atoms with Gasteiger partial charge in [-0.15, -0.1) is 11.6 Å². The Morgan fingerprint density at radius 1 is 0.778 bits per heavy atom. The molecule has 3 aromatic carbocycles. The number of hydrogen-bond donors (Lipinski definition) is 0. The third-order valence-electron chi connectivity index (χ3n) is 4.16. The van der Waals surface area contributed by atoms with Crippen molar-refractivity contribution in [1.82, 2.24) is 0 Å². The lowest BCUT2D eigenvalue weighted by Crippen LogP contribution is -2.32. The molecule has 0 fully saturated rings. The minimum atomic E-state index is -1.28. The highest BCUT2D eigenvalue weighted by molar-refractivity contribution is 7.99. The average molecular weight is 395 g/mol. The SMILES string of the molecule is CC(Cl)(CC(=O)c1ccccc1)C(=O)c1ccc(Sc2ccccc2)cc1. The molecule has 2 nitrogen and oxygen atoms in total. The van der Waals surface area contributed by atoms with Crippen molar-refractivity contribution in [2.24, 2.45) is 0 Å². The van der Waals surface area contributed by atoms with Crippen molar-refractivity contribution in [3.8, 4) is 0 Å². The number of ketones is 2. The van der Waals surface area contributed by atoms with Crippen LogP contribution in [0.4, 0.5) is 0 Å². The molecule has 0 N–H and O–H groups in total. The van der Waals surface area contributed by atoms with Crippen LogP contribution < -0.4 is 0 Å². The summed E-state index contributed by atoms with van der Waals surface area (Å²) in [4.78, 5) is 26.1. The first-order valence-electron chi connectivity index (χ1n) is 8.61. The lowest BCUT2D eigenvalue weighted by molar-refractivity contribution is 0.0881. The highest BCUT2D eigenvalue weighted by Gasteiger charge is 2.34. The molecule has 27 heavy (non-hydrogen) atoms. The average Bonchev–Trinajstić information content (AvgIpc) is 2.69. The number of carbonyl (C=O) groups excluding carboxylic acids is 2. The fraction of sp³-hybridized carbons (Fsp3) is 0.130. The lowest BCUT2D eigenvalue weighted by Gasteiger charge is -2.20. The van der Waals surface area contributed by atoms with E-state index in [-0.39, 0.29) is 18.0 Å². The molecule has 0 heterocycles. The van der Waals surface area contributed by atoms with Crippen LogP contribution in [0.3, 0.4) is 0 Å². The van der Waals surface area contributed by atoms with E-state index in [2.05, 4.69) is 0 Å². The third kappa shape index (κ3) is 5.09. The molecule has 0 aliphatic carbocycles. The van der Waals surface area contributed by atoms with Gasteiger partial charge in [0.2, 0.25) is 0 Å². The molecule has 0 amide bonds. The Morgan fingerprint density at radius 2 is 1.30 bits per heavy atom. The van der Waals surface area contributed by atoms with Crippen LogP contribution in [0, 0.1) is 0 Å². The predicted molar refractivity (Wildman–Crippen MR) is 111 cm³/mol. The van der Waals surface area contributed by atoms with Crippen molar-refractivity contribution >= 4 is 34.9 Å². The second-order valence-electron chi connectivity index (χ2n) is 6.43. The normalized spacial score (nSPS) is 13.0. The highest BCUT2D eigenvalue weighted by atomic mass is 35.5. The van der Waals surface area contributed by atoms with Crippen molar-refractivity contribution in [3.63, 3.8) is 0 Å². The van der Waals surface area contributed by atoms with Gasteiger partial charge in [-0.05, 0) is 31.2 Å². The first-order valence-corrected chi connectivity index (χ1v) is 9.80. The van der Waals surface area contributed by atoms with Crippen molar-refractivity contribution in [1.29, 1.82) is 0 Å². The van der Waals surface area contributed by atoms with Gasteiger partial charge in [0.15, 0.2) is 11.6 Å². The Bertz CT molecular complexity index is 920. The van der Waals surface area contributed by atoms with Crippen LogP contribution in [-0.2, 0) is 0 Å². The van der Waals surface area contributed by atoms with Gasteiger partial charge in [-0.2, -0.15) is 0 Å². The maximum atomic E-state index is 12.8. The molecule has 4 heteroatoms. The molecule has 1 unspecified atom stereocenters. The zero-order valence-electron chi connectivity index (χ0n) is 14.9. The predicted octanol–water partition coefficient (Wildman–Crippen LogP) is 6.29. The van der Waals surface area contributed by atoms with Crippen LogP contribution in [0.2, 0.25) is 0 Å². The molecule has 0 spiro atoms. The van der Waals surface area contributed by atoms with E-state index >= 15 is 0 Å². The second-order valence-corrected chi connectivity index (χ2v) is 8.41. The van der Waals surface area contributed by atoms with Crippen LogP contribution in [0.15, 0.2) is 94.7 Å². The quantitative estimate of drug-likeness (QED) is 0.348. The van der Waals surface area contributed by atoms with Gasteiger partial charge in [-0.1, -0.05) is 72.4 Å². The first-order chi connectivity index (χ1) is 13.0. The van der Waals surface area contributed by atoms with E-state index in [4.69, 9.17) is 11.6 Å². The van der Waals surface area contributed by atoms with E-state index in [9.17, 15) is 9.59 Å². The summed E-state index contributed by atoms with van der Waals surface area (Å²) in [7, 11) is 0. The van der Waals surface area contributed by atoms with E-state index in [0.29, 0.717) is 11.1 Å². The van der Waals surface area contributed by atoms with Crippen molar-refractivity contribution in [2.75, 3.05) is 0 Å². The Labute approximate surface area is 168 Å². The molecule has 0 saturated carbocycles. The Kier molecular flexibility index (Phi) is 6.15. The second kappa shape index (κ2) is 8.55. The van der Waals surface area contributed by atoms with Crippen LogP contribution in [0.5, 0.6) is 0 Å². The first kappa shape index (κ1) is 19.4. The van der Waals surface area contributed by atoms with E-state index in [1.807, 2.05) is 48.5 Å². The summed E-state index contributed by atoms with van der Waals surface area (Å²) < 4.78 is 0. The largest absolute Gasteiger partial charge is 0.294 e. The minimum Gasteiger partial charge on any atom is -0.294 e. The topological polar surface area (TPSA) is 34.1 Å². The van der Waals surface area contributed by atoms with Crippen molar-refractivity contribution in [3.05, 3.63) is 96.1 Å². The van der Waals surface area contributed by atoms with Gasteiger partial charge >= 0.3 is 0 Å². The van der Waals surface area contributed by atoms with Crippen molar-refractivity contribution in [2.45, 2.75) is 28.0 Å². The van der Waals surface area contributed by atoms with Gasteiger partial charge in [0.1, 0.15) is 4.87 Å². The molecular weight excluding hydrogens is 376 g/mol. The molecule has 0 aromatic heterocycles. The molecule has 0 saturated heterocycles. The molecule has 3 aromatic rings. The van der Waals surface area contributed by atoms with Gasteiger partial charge in [-0.25, -0.2) is 0 Å². The summed E-state index contributed by atoms with van der Waals surface area (Å²) in [6.07, 6.45) is -0.0437. The summed E-state index contributed by atoms with van der Waals surface area (Å²) in [5.41, 5.74) is 1.07. The van der Waals surface area contributed by atoms with Crippen LogP contribution >= 0.6 is 23.4 Å². The monoisotopic (exact) mass is 394 g/mol. The summed E-state index contributed by atoms with van der Waals surface area (Å²) in [6.45, 7) is 1.60. The molecule has 0 aliphatic heterocycles.